The van der Waals surface area contributed by atoms with Crippen molar-refractivity contribution in [1.82, 2.24) is 0 Å². The summed E-state index contributed by atoms with van der Waals surface area (Å²) in [5.41, 5.74) is 1.28. The van der Waals surface area contributed by atoms with Crippen LogP contribution in [0, 0.1) is 11.8 Å². The molecule has 3 rings (SSSR count). The van der Waals surface area contributed by atoms with Gasteiger partial charge in [0.1, 0.15) is 0 Å². The molecule has 0 aliphatic heterocycles. The lowest BCUT2D eigenvalue weighted by Crippen LogP contribution is -2.24. The minimum absolute atomic E-state index is 0.756. The van der Waals surface area contributed by atoms with Crippen LogP contribution in [0.4, 0.5) is 5.69 Å². The third-order valence-corrected chi connectivity index (χ3v) is 3.97. The molecule has 2 aliphatic rings. The van der Waals surface area contributed by atoms with Crippen LogP contribution in [-0.4, -0.2) is 6.04 Å². The maximum Gasteiger partial charge on any atom is 0.0343 e. The molecule has 0 unspecified atom stereocenters. The Kier molecular flexibility index (Phi) is 2.47. The Morgan fingerprint density at radius 1 is 1.00 bits per heavy atom. The van der Waals surface area contributed by atoms with Crippen LogP contribution in [0.3, 0.4) is 0 Å². The molecule has 0 saturated heterocycles. The normalized spacial score (nSPS) is 20.7. The molecular formula is C13H16BrN. The van der Waals surface area contributed by atoms with E-state index in [2.05, 4.69) is 45.5 Å². The number of benzene rings is 1. The summed E-state index contributed by atoms with van der Waals surface area (Å²) in [5, 5.41) is 3.71. The predicted octanol–water partition coefficient (Wildman–Crippen LogP) is 4.05. The highest BCUT2D eigenvalue weighted by molar-refractivity contribution is 9.10. The van der Waals surface area contributed by atoms with Crippen LogP contribution in [0.25, 0.3) is 0 Å². The lowest BCUT2D eigenvalue weighted by Gasteiger charge is -2.19. The van der Waals surface area contributed by atoms with E-state index in [0.717, 1.165) is 22.4 Å². The topological polar surface area (TPSA) is 12.0 Å². The van der Waals surface area contributed by atoms with Gasteiger partial charge in [0.25, 0.3) is 0 Å². The number of anilines is 1. The smallest absolute Gasteiger partial charge is 0.0343 e. The molecule has 0 radical (unpaired) electrons. The summed E-state index contributed by atoms with van der Waals surface area (Å²) in [6.07, 6.45) is 5.74. The van der Waals surface area contributed by atoms with E-state index in [1.807, 2.05) is 0 Å². The van der Waals surface area contributed by atoms with Crippen molar-refractivity contribution in [3.05, 3.63) is 28.7 Å². The predicted molar refractivity (Wildman–Crippen MR) is 67.0 cm³/mol. The van der Waals surface area contributed by atoms with Crippen molar-refractivity contribution < 1.29 is 0 Å². The summed E-state index contributed by atoms with van der Waals surface area (Å²) in [7, 11) is 0. The highest BCUT2D eigenvalue weighted by Gasteiger charge is 2.41. The van der Waals surface area contributed by atoms with Crippen molar-refractivity contribution in [2.75, 3.05) is 5.32 Å². The molecule has 2 saturated carbocycles. The first-order valence-corrected chi connectivity index (χ1v) is 6.64. The van der Waals surface area contributed by atoms with Gasteiger partial charge in [0, 0.05) is 16.2 Å². The molecule has 0 spiro atoms. The van der Waals surface area contributed by atoms with Crippen LogP contribution in [-0.2, 0) is 0 Å². The van der Waals surface area contributed by atoms with Gasteiger partial charge in [-0.1, -0.05) is 15.9 Å². The van der Waals surface area contributed by atoms with E-state index in [4.69, 9.17) is 0 Å². The third kappa shape index (κ3) is 2.36. The van der Waals surface area contributed by atoms with Crippen LogP contribution < -0.4 is 5.32 Å². The molecule has 0 atom stereocenters. The number of hydrogen-bond donors (Lipinski definition) is 1. The third-order valence-electron chi connectivity index (χ3n) is 3.44. The van der Waals surface area contributed by atoms with E-state index < -0.39 is 0 Å². The van der Waals surface area contributed by atoms with E-state index >= 15 is 0 Å². The van der Waals surface area contributed by atoms with E-state index in [9.17, 15) is 0 Å². The first-order chi connectivity index (χ1) is 7.33. The largest absolute Gasteiger partial charge is 0.382 e. The summed E-state index contributed by atoms with van der Waals surface area (Å²) in [6.45, 7) is 0. The monoisotopic (exact) mass is 265 g/mol. The van der Waals surface area contributed by atoms with Crippen molar-refractivity contribution in [2.24, 2.45) is 11.8 Å². The van der Waals surface area contributed by atoms with Gasteiger partial charge in [0.15, 0.2) is 0 Å². The van der Waals surface area contributed by atoms with Gasteiger partial charge in [-0.15, -0.1) is 0 Å². The Bertz CT molecular complexity index is 326. The van der Waals surface area contributed by atoms with Crippen molar-refractivity contribution in [3.63, 3.8) is 0 Å². The van der Waals surface area contributed by atoms with Crippen LogP contribution in [0.5, 0.6) is 0 Å². The average Bonchev–Trinajstić information content (AvgIpc) is 3.11. The standard InChI is InChI=1S/C13H16BrN/c14-11-5-7-12(8-6-11)15-13(9-1-2-9)10-3-4-10/h5-10,13,15H,1-4H2. The molecule has 2 aliphatic carbocycles. The zero-order valence-corrected chi connectivity index (χ0v) is 10.3. The van der Waals surface area contributed by atoms with E-state index in [1.54, 1.807) is 0 Å². The van der Waals surface area contributed by atoms with Gasteiger partial charge >= 0.3 is 0 Å². The van der Waals surface area contributed by atoms with Crippen LogP contribution in [0.2, 0.25) is 0 Å². The molecule has 2 fully saturated rings. The van der Waals surface area contributed by atoms with Gasteiger partial charge in [-0.05, 0) is 61.8 Å². The minimum Gasteiger partial charge on any atom is -0.382 e. The Morgan fingerprint density at radius 2 is 1.53 bits per heavy atom. The van der Waals surface area contributed by atoms with E-state index in [1.165, 1.54) is 31.4 Å². The van der Waals surface area contributed by atoms with Crippen molar-refractivity contribution in [1.29, 1.82) is 0 Å². The van der Waals surface area contributed by atoms with Crippen molar-refractivity contribution in [2.45, 2.75) is 31.7 Å². The molecule has 0 aromatic heterocycles. The summed E-state index contributed by atoms with van der Waals surface area (Å²) >= 11 is 3.47. The highest BCUT2D eigenvalue weighted by Crippen LogP contribution is 2.45. The van der Waals surface area contributed by atoms with Crippen LogP contribution >= 0.6 is 15.9 Å². The van der Waals surface area contributed by atoms with Gasteiger partial charge < -0.3 is 5.32 Å². The van der Waals surface area contributed by atoms with Crippen molar-refractivity contribution >= 4 is 21.6 Å². The average molecular weight is 266 g/mol. The SMILES string of the molecule is Brc1ccc(NC(C2CC2)C2CC2)cc1. The molecule has 0 bridgehead atoms. The lowest BCUT2D eigenvalue weighted by molar-refractivity contribution is 0.568. The molecule has 1 aromatic carbocycles. The van der Waals surface area contributed by atoms with Gasteiger partial charge in [0.2, 0.25) is 0 Å². The fraction of sp³-hybridized carbons (Fsp3) is 0.538. The number of hydrogen-bond acceptors (Lipinski definition) is 1. The zero-order valence-electron chi connectivity index (χ0n) is 8.75. The molecule has 2 heteroatoms. The fourth-order valence-corrected chi connectivity index (χ4v) is 2.53. The molecule has 15 heavy (non-hydrogen) atoms. The quantitative estimate of drug-likeness (QED) is 0.866. The lowest BCUT2D eigenvalue weighted by atomic mass is 10.1. The second-order valence-electron chi connectivity index (χ2n) is 4.85. The van der Waals surface area contributed by atoms with Gasteiger partial charge in [-0.25, -0.2) is 0 Å². The maximum atomic E-state index is 3.71. The summed E-state index contributed by atoms with van der Waals surface area (Å²) < 4.78 is 1.16. The van der Waals surface area contributed by atoms with Crippen LogP contribution in [0.15, 0.2) is 28.7 Å². The molecule has 1 nitrogen and oxygen atoms in total. The highest BCUT2D eigenvalue weighted by atomic mass is 79.9. The van der Waals surface area contributed by atoms with Gasteiger partial charge in [0.05, 0.1) is 0 Å². The number of rotatable bonds is 4. The molecular weight excluding hydrogens is 250 g/mol. The summed E-state index contributed by atoms with van der Waals surface area (Å²) in [5.74, 6) is 1.92. The Balaban J connectivity index is 1.69. The van der Waals surface area contributed by atoms with Crippen molar-refractivity contribution in [3.8, 4) is 0 Å². The van der Waals surface area contributed by atoms with E-state index in [0.29, 0.717) is 0 Å². The molecule has 0 amide bonds. The van der Waals surface area contributed by atoms with Gasteiger partial charge in [-0.2, -0.15) is 0 Å². The zero-order chi connectivity index (χ0) is 10.3. The Labute approximate surface area is 99.4 Å². The second kappa shape index (κ2) is 3.82. The Hall–Kier alpha value is -0.500. The van der Waals surface area contributed by atoms with E-state index in [-0.39, 0.29) is 0 Å². The maximum absolute atomic E-state index is 3.71. The van der Waals surface area contributed by atoms with Gasteiger partial charge in [-0.3, -0.25) is 0 Å². The summed E-state index contributed by atoms with van der Waals surface area (Å²) in [6, 6.07) is 9.31. The molecule has 0 heterocycles. The van der Waals surface area contributed by atoms with Crippen LogP contribution in [0.1, 0.15) is 25.7 Å². The second-order valence-corrected chi connectivity index (χ2v) is 5.77. The first kappa shape index (κ1) is 9.71. The number of halogens is 1. The molecule has 80 valence electrons. The fourth-order valence-electron chi connectivity index (χ4n) is 2.27. The minimum atomic E-state index is 0.756. The first-order valence-electron chi connectivity index (χ1n) is 5.85. The molecule has 1 N–H and O–H groups in total. The molecule has 1 aromatic rings. The number of nitrogens with one attached hydrogen (secondary N) is 1. The Morgan fingerprint density at radius 3 is 2.00 bits per heavy atom. The summed E-state index contributed by atoms with van der Waals surface area (Å²) in [4.78, 5) is 0.